The van der Waals surface area contributed by atoms with Gasteiger partial charge >= 0.3 is 5.97 Å². The zero-order valence-electron chi connectivity index (χ0n) is 17.9. The van der Waals surface area contributed by atoms with E-state index in [1.807, 2.05) is 0 Å². The van der Waals surface area contributed by atoms with Crippen LogP contribution < -0.4 is 0 Å². The number of carboxylic acid groups (broad SMARTS) is 1. The molecule has 0 radical (unpaired) electrons. The SMILES string of the molecule is CC(CCCCO)=C(C)C(C)=C(C)C(C)=C(C)CCCCCCC(=O)O. The Balaban J connectivity index is 4.77. The van der Waals surface area contributed by atoms with Crippen LogP contribution in [0.15, 0.2) is 33.4 Å². The molecule has 0 aliphatic carbocycles. The van der Waals surface area contributed by atoms with E-state index in [-0.39, 0.29) is 13.0 Å². The summed E-state index contributed by atoms with van der Waals surface area (Å²) in [5.74, 6) is -0.691. The predicted octanol–water partition coefficient (Wildman–Crippen LogP) is 6.58. The van der Waals surface area contributed by atoms with E-state index in [9.17, 15) is 4.79 Å². The minimum Gasteiger partial charge on any atom is -0.481 e. The summed E-state index contributed by atoms with van der Waals surface area (Å²) in [6.07, 6.45) is 8.36. The molecule has 0 bridgehead atoms. The van der Waals surface area contributed by atoms with Gasteiger partial charge in [0.1, 0.15) is 0 Å². The molecule has 0 unspecified atom stereocenters. The average molecular weight is 365 g/mol. The molecule has 0 heterocycles. The molecule has 150 valence electrons. The highest BCUT2D eigenvalue weighted by atomic mass is 16.4. The van der Waals surface area contributed by atoms with Crippen LogP contribution in [-0.2, 0) is 4.79 Å². The van der Waals surface area contributed by atoms with Gasteiger partial charge in [-0.15, -0.1) is 0 Å². The Kier molecular flexibility index (Phi) is 13.1. The Morgan fingerprint density at radius 1 is 0.577 bits per heavy atom. The molecule has 0 rings (SSSR count). The number of rotatable bonds is 13. The van der Waals surface area contributed by atoms with E-state index in [4.69, 9.17) is 10.2 Å². The lowest BCUT2D eigenvalue weighted by Crippen LogP contribution is -1.96. The normalized spacial score (nSPS) is 14.6. The Morgan fingerprint density at radius 2 is 0.962 bits per heavy atom. The van der Waals surface area contributed by atoms with Crippen LogP contribution in [0.1, 0.15) is 99.3 Å². The highest BCUT2D eigenvalue weighted by Crippen LogP contribution is 2.27. The summed E-state index contributed by atoms with van der Waals surface area (Å²) < 4.78 is 0. The number of aliphatic hydroxyl groups excluding tert-OH is 1. The molecule has 26 heavy (non-hydrogen) atoms. The first kappa shape index (κ1) is 24.7. The van der Waals surface area contributed by atoms with Crippen molar-refractivity contribution in [3.05, 3.63) is 33.4 Å². The zero-order valence-corrected chi connectivity index (χ0v) is 17.9. The van der Waals surface area contributed by atoms with Gasteiger partial charge in [0.2, 0.25) is 0 Å². The summed E-state index contributed by atoms with van der Waals surface area (Å²) in [5, 5.41) is 17.6. The number of aliphatic carboxylic acids is 1. The summed E-state index contributed by atoms with van der Waals surface area (Å²) in [6, 6.07) is 0. The second-order valence-corrected chi connectivity index (χ2v) is 7.55. The van der Waals surface area contributed by atoms with Crippen molar-refractivity contribution in [1.29, 1.82) is 0 Å². The summed E-state index contributed by atoms with van der Waals surface area (Å²) in [7, 11) is 0. The quantitative estimate of drug-likeness (QED) is 0.286. The van der Waals surface area contributed by atoms with Crippen molar-refractivity contribution in [2.75, 3.05) is 6.61 Å². The molecule has 0 amide bonds. The lowest BCUT2D eigenvalue weighted by Gasteiger charge is -2.15. The van der Waals surface area contributed by atoms with E-state index in [0.717, 1.165) is 51.4 Å². The van der Waals surface area contributed by atoms with Gasteiger partial charge in [-0.05, 0) is 102 Å². The number of carboxylic acids is 1. The van der Waals surface area contributed by atoms with Gasteiger partial charge in [0.25, 0.3) is 0 Å². The standard InChI is InChI=1S/C23H40O3/c1-17(13-9-7-8-10-15-23(25)26)19(3)21(5)22(6)20(4)18(2)14-11-12-16-24/h24H,7-16H2,1-6H3,(H,25,26). The van der Waals surface area contributed by atoms with Crippen LogP contribution in [0.3, 0.4) is 0 Å². The fourth-order valence-electron chi connectivity index (χ4n) is 3.10. The molecule has 3 heteroatoms. The highest BCUT2D eigenvalue weighted by molar-refractivity contribution is 5.66. The van der Waals surface area contributed by atoms with Gasteiger partial charge in [-0.1, -0.05) is 24.0 Å². The molecule has 0 fully saturated rings. The van der Waals surface area contributed by atoms with Crippen LogP contribution in [0.4, 0.5) is 0 Å². The van der Waals surface area contributed by atoms with Crippen molar-refractivity contribution in [2.24, 2.45) is 0 Å². The van der Waals surface area contributed by atoms with E-state index in [1.165, 1.54) is 33.4 Å². The summed E-state index contributed by atoms with van der Waals surface area (Å²) >= 11 is 0. The third-order valence-electron chi connectivity index (χ3n) is 5.62. The fourth-order valence-corrected chi connectivity index (χ4v) is 3.10. The van der Waals surface area contributed by atoms with Gasteiger partial charge in [0.15, 0.2) is 0 Å². The predicted molar refractivity (Wildman–Crippen MR) is 111 cm³/mol. The Labute approximate surface area is 160 Å². The van der Waals surface area contributed by atoms with Crippen molar-refractivity contribution >= 4 is 5.97 Å². The maximum absolute atomic E-state index is 10.5. The topological polar surface area (TPSA) is 57.5 Å². The third-order valence-corrected chi connectivity index (χ3v) is 5.62. The third kappa shape index (κ3) is 9.96. The molecule has 2 N–H and O–H groups in total. The number of unbranched alkanes of at least 4 members (excludes halogenated alkanes) is 4. The number of aliphatic hydroxyl groups is 1. The second kappa shape index (κ2) is 13.8. The number of carbonyl (C=O) groups is 1. The van der Waals surface area contributed by atoms with E-state index in [1.54, 1.807) is 0 Å². The molecule has 0 aliphatic heterocycles. The van der Waals surface area contributed by atoms with Crippen LogP contribution >= 0.6 is 0 Å². The first-order valence-corrected chi connectivity index (χ1v) is 10.1. The zero-order chi connectivity index (χ0) is 20.1. The minimum atomic E-state index is -0.691. The van der Waals surface area contributed by atoms with Crippen molar-refractivity contribution in [2.45, 2.75) is 99.3 Å². The van der Waals surface area contributed by atoms with E-state index in [0.29, 0.717) is 0 Å². The summed E-state index contributed by atoms with van der Waals surface area (Å²) in [4.78, 5) is 10.5. The number of hydrogen-bond acceptors (Lipinski definition) is 2. The first-order chi connectivity index (χ1) is 12.2. The maximum atomic E-state index is 10.5. The summed E-state index contributed by atoms with van der Waals surface area (Å²) in [5.41, 5.74) is 8.35. The van der Waals surface area contributed by atoms with Gasteiger partial charge in [0.05, 0.1) is 0 Å². The average Bonchev–Trinajstić information content (AvgIpc) is 2.61. The highest BCUT2D eigenvalue weighted by Gasteiger charge is 2.07. The molecule has 0 aliphatic rings. The molecule has 0 saturated heterocycles. The van der Waals surface area contributed by atoms with E-state index in [2.05, 4.69) is 41.5 Å². The minimum absolute atomic E-state index is 0.275. The molecule has 0 atom stereocenters. The lowest BCUT2D eigenvalue weighted by atomic mass is 9.91. The van der Waals surface area contributed by atoms with Crippen LogP contribution in [-0.4, -0.2) is 22.8 Å². The lowest BCUT2D eigenvalue weighted by molar-refractivity contribution is -0.137. The molecular formula is C23H40O3. The molecule has 0 aromatic heterocycles. The Bertz CT molecular complexity index is 536. The monoisotopic (exact) mass is 364 g/mol. The van der Waals surface area contributed by atoms with Gasteiger partial charge in [-0.25, -0.2) is 0 Å². The molecule has 0 aromatic rings. The molecule has 0 aromatic carbocycles. The number of allylic oxidation sites excluding steroid dienone is 6. The van der Waals surface area contributed by atoms with E-state index < -0.39 is 5.97 Å². The van der Waals surface area contributed by atoms with Crippen LogP contribution in [0.5, 0.6) is 0 Å². The fraction of sp³-hybridized carbons (Fsp3) is 0.696. The summed E-state index contributed by atoms with van der Waals surface area (Å²) in [6.45, 7) is 13.5. The van der Waals surface area contributed by atoms with Crippen molar-refractivity contribution in [1.82, 2.24) is 0 Å². The molecule has 0 spiro atoms. The Hall–Kier alpha value is -1.35. The van der Waals surface area contributed by atoms with Crippen LogP contribution in [0, 0.1) is 0 Å². The van der Waals surface area contributed by atoms with Crippen molar-refractivity contribution in [3.63, 3.8) is 0 Å². The molecule has 0 saturated carbocycles. The molecule has 3 nitrogen and oxygen atoms in total. The largest absolute Gasteiger partial charge is 0.481 e. The second-order valence-electron chi connectivity index (χ2n) is 7.55. The molecular weight excluding hydrogens is 324 g/mol. The maximum Gasteiger partial charge on any atom is 0.303 e. The van der Waals surface area contributed by atoms with Crippen LogP contribution in [0.2, 0.25) is 0 Å². The van der Waals surface area contributed by atoms with Gasteiger partial charge in [0, 0.05) is 13.0 Å². The van der Waals surface area contributed by atoms with Crippen LogP contribution in [0.25, 0.3) is 0 Å². The van der Waals surface area contributed by atoms with Gasteiger partial charge in [-0.3, -0.25) is 4.79 Å². The van der Waals surface area contributed by atoms with Gasteiger partial charge in [-0.2, -0.15) is 0 Å². The smallest absolute Gasteiger partial charge is 0.303 e. The first-order valence-electron chi connectivity index (χ1n) is 10.1. The van der Waals surface area contributed by atoms with Crippen molar-refractivity contribution < 1.29 is 15.0 Å². The number of hydrogen-bond donors (Lipinski definition) is 2. The van der Waals surface area contributed by atoms with E-state index >= 15 is 0 Å². The van der Waals surface area contributed by atoms with Gasteiger partial charge < -0.3 is 10.2 Å². The Morgan fingerprint density at radius 3 is 1.35 bits per heavy atom. The van der Waals surface area contributed by atoms with Crippen molar-refractivity contribution in [3.8, 4) is 0 Å².